The molecule has 2 aromatic carbocycles. The molecular weight excluding hydrogens is 364 g/mol. The second kappa shape index (κ2) is 9.94. The second-order valence-corrected chi connectivity index (χ2v) is 5.92. The molecule has 28 heavy (non-hydrogen) atoms. The average Bonchev–Trinajstić information content (AvgIpc) is 2.75. The zero-order chi connectivity index (χ0) is 20.7. The third kappa shape index (κ3) is 4.36. The molecule has 154 valence electrons. The summed E-state index contributed by atoms with van der Waals surface area (Å²) < 4.78 is 38.3. The first-order valence-corrected chi connectivity index (χ1v) is 8.68. The standard InChI is InChI=1S/C21H28O7/c1-22-15(14-11-18(25-4)21(28-7)19(12-14)26-5)8-13-9-16(23-2)20(27-6)17(10-13)24-3/h9-12,15H,8H2,1-7H3. The topological polar surface area (TPSA) is 64.6 Å². The molecule has 0 aliphatic rings. The highest BCUT2D eigenvalue weighted by Crippen LogP contribution is 2.42. The van der Waals surface area contributed by atoms with Crippen LogP contribution in [0.4, 0.5) is 0 Å². The van der Waals surface area contributed by atoms with E-state index < -0.39 is 0 Å². The molecule has 2 aromatic rings. The fourth-order valence-corrected chi connectivity index (χ4v) is 3.09. The number of hydrogen-bond acceptors (Lipinski definition) is 7. The van der Waals surface area contributed by atoms with Gasteiger partial charge in [-0.15, -0.1) is 0 Å². The molecule has 0 amide bonds. The van der Waals surface area contributed by atoms with Crippen LogP contribution >= 0.6 is 0 Å². The van der Waals surface area contributed by atoms with E-state index in [0.29, 0.717) is 40.9 Å². The summed E-state index contributed by atoms with van der Waals surface area (Å²) in [4.78, 5) is 0. The van der Waals surface area contributed by atoms with E-state index in [1.54, 1.807) is 49.8 Å². The van der Waals surface area contributed by atoms with Gasteiger partial charge in [0.25, 0.3) is 0 Å². The smallest absolute Gasteiger partial charge is 0.203 e. The molecule has 7 nitrogen and oxygen atoms in total. The summed E-state index contributed by atoms with van der Waals surface area (Å²) in [6, 6.07) is 7.58. The monoisotopic (exact) mass is 392 g/mol. The van der Waals surface area contributed by atoms with Gasteiger partial charge in [-0.3, -0.25) is 0 Å². The summed E-state index contributed by atoms with van der Waals surface area (Å²) >= 11 is 0. The number of ether oxygens (including phenoxy) is 7. The Morgan fingerprint density at radius 2 is 0.964 bits per heavy atom. The van der Waals surface area contributed by atoms with Crippen LogP contribution in [-0.2, 0) is 11.2 Å². The minimum absolute atomic E-state index is 0.253. The minimum Gasteiger partial charge on any atom is -0.493 e. The SMILES string of the molecule is COc1cc(CC(OC)c2cc(OC)c(OC)c(OC)c2)cc(OC)c1OC. The highest BCUT2D eigenvalue weighted by molar-refractivity contribution is 5.56. The van der Waals surface area contributed by atoms with Gasteiger partial charge in [0.2, 0.25) is 11.5 Å². The van der Waals surface area contributed by atoms with Crippen LogP contribution in [0.1, 0.15) is 17.2 Å². The molecule has 0 heterocycles. The first kappa shape index (κ1) is 21.5. The van der Waals surface area contributed by atoms with Crippen LogP contribution in [0.5, 0.6) is 34.5 Å². The third-order valence-corrected chi connectivity index (χ3v) is 4.49. The van der Waals surface area contributed by atoms with Crippen LogP contribution in [0.25, 0.3) is 0 Å². The van der Waals surface area contributed by atoms with Gasteiger partial charge in [-0.25, -0.2) is 0 Å². The normalized spacial score (nSPS) is 11.5. The zero-order valence-corrected chi connectivity index (χ0v) is 17.5. The average molecular weight is 392 g/mol. The molecule has 0 aliphatic carbocycles. The van der Waals surface area contributed by atoms with Crippen LogP contribution in [0.3, 0.4) is 0 Å². The molecule has 0 saturated carbocycles. The van der Waals surface area contributed by atoms with Gasteiger partial charge in [0.15, 0.2) is 23.0 Å². The highest BCUT2D eigenvalue weighted by atomic mass is 16.5. The van der Waals surface area contributed by atoms with Gasteiger partial charge in [-0.1, -0.05) is 0 Å². The number of benzene rings is 2. The van der Waals surface area contributed by atoms with Gasteiger partial charge in [-0.05, 0) is 35.4 Å². The van der Waals surface area contributed by atoms with Crippen molar-refractivity contribution in [3.05, 3.63) is 35.4 Å². The van der Waals surface area contributed by atoms with Gasteiger partial charge < -0.3 is 33.2 Å². The van der Waals surface area contributed by atoms with Gasteiger partial charge in [0.1, 0.15) is 0 Å². The van der Waals surface area contributed by atoms with Crippen molar-refractivity contribution in [2.45, 2.75) is 12.5 Å². The van der Waals surface area contributed by atoms with Crippen molar-refractivity contribution >= 4 is 0 Å². The molecule has 2 rings (SSSR count). The van der Waals surface area contributed by atoms with E-state index in [1.807, 2.05) is 24.3 Å². The van der Waals surface area contributed by atoms with Crippen molar-refractivity contribution in [2.75, 3.05) is 49.8 Å². The lowest BCUT2D eigenvalue weighted by molar-refractivity contribution is 0.103. The van der Waals surface area contributed by atoms with Crippen LogP contribution in [0.15, 0.2) is 24.3 Å². The van der Waals surface area contributed by atoms with E-state index in [1.165, 1.54) is 0 Å². The Labute approximate surface area is 166 Å². The van der Waals surface area contributed by atoms with Crippen LogP contribution in [0, 0.1) is 0 Å². The Morgan fingerprint density at radius 1 is 0.571 bits per heavy atom. The number of hydrogen-bond donors (Lipinski definition) is 0. The zero-order valence-electron chi connectivity index (χ0n) is 17.5. The molecule has 0 fully saturated rings. The molecule has 0 radical (unpaired) electrons. The van der Waals surface area contributed by atoms with E-state index in [0.717, 1.165) is 11.1 Å². The lowest BCUT2D eigenvalue weighted by Crippen LogP contribution is -2.08. The van der Waals surface area contributed by atoms with Crippen molar-refractivity contribution in [1.82, 2.24) is 0 Å². The molecule has 7 heteroatoms. The van der Waals surface area contributed by atoms with Crippen molar-refractivity contribution in [3.63, 3.8) is 0 Å². The molecule has 1 atom stereocenters. The van der Waals surface area contributed by atoms with Crippen LogP contribution < -0.4 is 28.4 Å². The van der Waals surface area contributed by atoms with E-state index in [9.17, 15) is 0 Å². The predicted molar refractivity (Wildman–Crippen MR) is 106 cm³/mol. The molecule has 1 unspecified atom stereocenters. The Kier molecular flexibility index (Phi) is 7.63. The first-order valence-electron chi connectivity index (χ1n) is 8.68. The predicted octanol–water partition coefficient (Wildman–Crippen LogP) is 3.67. The maximum absolute atomic E-state index is 5.75. The van der Waals surface area contributed by atoms with Crippen molar-refractivity contribution in [3.8, 4) is 34.5 Å². The maximum Gasteiger partial charge on any atom is 0.203 e. The van der Waals surface area contributed by atoms with Crippen molar-refractivity contribution < 1.29 is 33.2 Å². The van der Waals surface area contributed by atoms with Gasteiger partial charge in [-0.2, -0.15) is 0 Å². The van der Waals surface area contributed by atoms with Gasteiger partial charge in [0.05, 0.1) is 48.8 Å². The Morgan fingerprint density at radius 3 is 1.29 bits per heavy atom. The lowest BCUT2D eigenvalue weighted by atomic mass is 9.99. The summed E-state index contributed by atoms with van der Waals surface area (Å²) in [5.74, 6) is 3.42. The maximum atomic E-state index is 5.75. The number of rotatable bonds is 10. The van der Waals surface area contributed by atoms with E-state index in [2.05, 4.69) is 0 Å². The molecule has 0 aromatic heterocycles. The number of methoxy groups -OCH3 is 7. The Bertz CT molecular complexity index is 738. The molecule has 0 N–H and O–H groups in total. The minimum atomic E-state index is -0.253. The summed E-state index contributed by atoms with van der Waals surface area (Å²) in [5, 5.41) is 0. The first-order chi connectivity index (χ1) is 13.6. The quantitative estimate of drug-likeness (QED) is 0.611. The fourth-order valence-electron chi connectivity index (χ4n) is 3.09. The van der Waals surface area contributed by atoms with E-state index in [-0.39, 0.29) is 6.10 Å². The summed E-state index contributed by atoms with van der Waals surface area (Å²) in [7, 11) is 11.2. The molecule has 0 bridgehead atoms. The van der Waals surface area contributed by atoms with Crippen LogP contribution in [-0.4, -0.2) is 49.8 Å². The lowest BCUT2D eigenvalue weighted by Gasteiger charge is -2.21. The summed E-state index contributed by atoms with van der Waals surface area (Å²) in [6.07, 6.45) is 0.322. The Hall–Kier alpha value is -2.80. The summed E-state index contributed by atoms with van der Waals surface area (Å²) in [5.41, 5.74) is 1.86. The molecule has 0 spiro atoms. The Balaban J connectivity index is 2.45. The van der Waals surface area contributed by atoms with Crippen LogP contribution in [0.2, 0.25) is 0 Å². The van der Waals surface area contributed by atoms with Crippen molar-refractivity contribution in [2.24, 2.45) is 0 Å². The van der Waals surface area contributed by atoms with Gasteiger partial charge in [0, 0.05) is 13.5 Å². The van der Waals surface area contributed by atoms with E-state index in [4.69, 9.17) is 33.2 Å². The molecular formula is C21H28O7. The van der Waals surface area contributed by atoms with Gasteiger partial charge >= 0.3 is 0 Å². The highest BCUT2D eigenvalue weighted by Gasteiger charge is 2.21. The van der Waals surface area contributed by atoms with E-state index >= 15 is 0 Å². The third-order valence-electron chi connectivity index (χ3n) is 4.49. The summed E-state index contributed by atoms with van der Waals surface area (Å²) in [6.45, 7) is 0. The molecule has 0 saturated heterocycles. The largest absolute Gasteiger partial charge is 0.493 e. The second-order valence-electron chi connectivity index (χ2n) is 5.92. The fraction of sp³-hybridized carbons (Fsp3) is 0.429. The molecule has 0 aliphatic heterocycles. The van der Waals surface area contributed by atoms with Crippen molar-refractivity contribution in [1.29, 1.82) is 0 Å².